The quantitative estimate of drug-likeness (QED) is 0.548. The normalized spacial score (nSPS) is 24.5. The Balaban J connectivity index is 3.33. The summed E-state index contributed by atoms with van der Waals surface area (Å²) in [7, 11) is 1.33. The number of halogens is 1. The van der Waals surface area contributed by atoms with Crippen molar-refractivity contribution in [3.63, 3.8) is 0 Å². The van der Waals surface area contributed by atoms with Crippen LogP contribution in [0.4, 0.5) is 0 Å². The van der Waals surface area contributed by atoms with E-state index in [2.05, 4.69) is 22.6 Å². The highest BCUT2D eigenvalue weighted by Gasteiger charge is 2.53. The molecule has 5 heteroatoms. The first-order valence-electron chi connectivity index (χ1n) is 4.64. The number of carbonyl (C=O) groups is 1. The minimum Gasteiger partial charge on any atom is -0.466 e. The SMILES string of the molecule is COC(=O)C1=C(I)C(C)(C)N([O])C1(C)C. The van der Waals surface area contributed by atoms with E-state index in [0.717, 1.165) is 8.64 Å². The fraction of sp³-hybridized carbons (Fsp3) is 0.700. The summed E-state index contributed by atoms with van der Waals surface area (Å²) in [6.07, 6.45) is 0. The molecule has 0 aromatic carbocycles. The van der Waals surface area contributed by atoms with Gasteiger partial charge in [0, 0.05) is 3.58 Å². The van der Waals surface area contributed by atoms with E-state index in [9.17, 15) is 10.0 Å². The smallest absolute Gasteiger partial charge is 0.336 e. The molecular formula is C10H15INO3. The first-order valence-corrected chi connectivity index (χ1v) is 5.71. The van der Waals surface area contributed by atoms with Crippen molar-refractivity contribution in [2.75, 3.05) is 7.11 Å². The summed E-state index contributed by atoms with van der Waals surface area (Å²) in [6, 6.07) is 0. The molecule has 4 nitrogen and oxygen atoms in total. The molecule has 0 aromatic heterocycles. The summed E-state index contributed by atoms with van der Waals surface area (Å²) < 4.78 is 5.47. The van der Waals surface area contributed by atoms with Gasteiger partial charge in [0.05, 0.1) is 23.8 Å². The molecule has 1 rings (SSSR count). The number of rotatable bonds is 1. The summed E-state index contributed by atoms with van der Waals surface area (Å²) in [6.45, 7) is 7.08. The first kappa shape index (κ1) is 12.9. The molecular weight excluding hydrogens is 309 g/mol. The molecule has 0 bridgehead atoms. The molecule has 0 aliphatic carbocycles. The van der Waals surface area contributed by atoms with Gasteiger partial charge in [-0.3, -0.25) is 0 Å². The van der Waals surface area contributed by atoms with Crippen LogP contribution in [0.1, 0.15) is 27.7 Å². The van der Waals surface area contributed by atoms with E-state index >= 15 is 0 Å². The third-order valence-corrected chi connectivity index (χ3v) is 4.63. The van der Waals surface area contributed by atoms with Crippen LogP contribution in [0.2, 0.25) is 0 Å². The molecule has 0 amide bonds. The van der Waals surface area contributed by atoms with Crippen LogP contribution in [0.3, 0.4) is 0 Å². The van der Waals surface area contributed by atoms with Gasteiger partial charge in [0.2, 0.25) is 0 Å². The van der Waals surface area contributed by atoms with Gasteiger partial charge >= 0.3 is 5.97 Å². The summed E-state index contributed by atoms with van der Waals surface area (Å²) in [4.78, 5) is 11.6. The predicted octanol–water partition coefficient (Wildman–Crippen LogP) is 2.07. The average molecular weight is 324 g/mol. The van der Waals surface area contributed by atoms with Crippen LogP contribution in [0.25, 0.3) is 0 Å². The number of carbonyl (C=O) groups excluding carboxylic acids is 1. The number of esters is 1. The number of hydrogen-bond acceptors (Lipinski definition) is 3. The van der Waals surface area contributed by atoms with Gasteiger partial charge < -0.3 is 4.74 Å². The van der Waals surface area contributed by atoms with Crippen molar-refractivity contribution in [3.8, 4) is 0 Å². The van der Waals surface area contributed by atoms with E-state index in [4.69, 9.17) is 4.74 Å². The highest BCUT2D eigenvalue weighted by Crippen LogP contribution is 2.47. The molecule has 1 radical (unpaired) electrons. The van der Waals surface area contributed by atoms with Crippen molar-refractivity contribution in [3.05, 3.63) is 9.15 Å². The molecule has 85 valence electrons. The lowest BCUT2D eigenvalue weighted by molar-refractivity contribution is -0.239. The minimum absolute atomic E-state index is 0.421. The molecule has 0 spiro atoms. The number of hydroxylamine groups is 2. The number of nitrogens with zero attached hydrogens (tertiary/aromatic N) is 1. The fourth-order valence-corrected chi connectivity index (χ4v) is 3.00. The molecule has 0 N–H and O–H groups in total. The maximum atomic E-state index is 12.1. The zero-order chi connectivity index (χ0) is 12.0. The highest BCUT2D eigenvalue weighted by molar-refractivity contribution is 14.1. The van der Waals surface area contributed by atoms with E-state index in [0.29, 0.717) is 5.57 Å². The second-order valence-corrected chi connectivity index (χ2v) is 5.67. The maximum Gasteiger partial charge on any atom is 0.336 e. The lowest BCUT2D eigenvalue weighted by Crippen LogP contribution is -2.48. The Labute approximate surface area is 103 Å². The van der Waals surface area contributed by atoms with Crippen molar-refractivity contribution < 1.29 is 14.7 Å². The van der Waals surface area contributed by atoms with Crippen LogP contribution in [0.15, 0.2) is 9.15 Å². The molecule has 0 fully saturated rings. The van der Waals surface area contributed by atoms with E-state index in [1.165, 1.54) is 7.11 Å². The lowest BCUT2D eigenvalue weighted by Gasteiger charge is -2.33. The summed E-state index contributed by atoms with van der Waals surface area (Å²) in [5, 5.41) is 13.0. The number of methoxy groups -OCH3 is 1. The van der Waals surface area contributed by atoms with Gasteiger partial charge in [-0.2, -0.15) is 0 Å². The Bertz CT molecular complexity index is 334. The van der Waals surface area contributed by atoms with Gasteiger partial charge in [0.15, 0.2) is 0 Å². The van der Waals surface area contributed by atoms with Crippen LogP contribution in [0.5, 0.6) is 0 Å². The monoisotopic (exact) mass is 324 g/mol. The number of ether oxygens (including phenoxy) is 1. The Kier molecular flexibility index (Phi) is 3.20. The van der Waals surface area contributed by atoms with E-state index in [1.807, 2.05) is 0 Å². The maximum absolute atomic E-state index is 12.1. The Morgan fingerprint density at radius 3 is 2.00 bits per heavy atom. The van der Waals surface area contributed by atoms with Crippen molar-refractivity contribution >= 4 is 28.6 Å². The first-order chi connectivity index (χ1) is 6.67. The highest BCUT2D eigenvalue weighted by atomic mass is 127. The predicted molar refractivity (Wildman–Crippen MR) is 63.7 cm³/mol. The largest absolute Gasteiger partial charge is 0.466 e. The molecule has 1 aliphatic rings. The molecule has 1 heterocycles. The van der Waals surface area contributed by atoms with Crippen molar-refractivity contribution in [1.29, 1.82) is 0 Å². The van der Waals surface area contributed by atoms with E-state index in [-0.39, 0.29) is 0 Å². The Hall–Kier alpha value is -0.140. The third-order valence-electron chi connectivity index (χ3n) is 2.77. The minimum atomic E-state index is -0.826. The van der Waals surface area contributed by atoms with Gasteiger partial charge in [0.1, 0.15) is 0 Å². The van der Waals surface area contributed by atoms with Gasteiger partial charge in [-0.15, -0.1) is 10.3 Å². The van der Waals surface area contributed by atoms with Gasteiger partial charge in [-0.25, -0.2) is 4.79 Å². The molecule has 0 atom stereocenters. The fourth-order valence-electron chi connectivity index (χ4n) is 1.91. The summed E-state index contributed by atoms with van der Waals surface area (Å²) >= 11 is 2.05. The van der Waals surface area contributed by atoms with Crippen LogP contribution in [-0.2, 0) is 14.7 Å². The molecule has 15 heavy (non-hydrogen) atoms. The van der Waals surface area contributed by atoms with E-state index in [1.54, 1.807) is 27.7 Å². The van der Waals surface area contributed by atoms with Crippen LogP contribution in [-0.4, -0.2) is 29.2 Å². The Morgan fingerprint density at radius 2 is 1.73 bits per heavy atom. The molecule has 0 unspecified atom stereocenters. The second kappa shape index (κ2) is 3.71. The Morgan fingerprint density at radius 1 is 1.27 bits per heavy atom. The third kappa shape index (κ3) is 1.70. The topological polar surface area (TPSA) is 49.4 Å². The van der Waals surface area contributed by atoms with Crippen molar-refractivity contribution in [1.82, 2.24) is 5.06 Å². The molecule has 0 saturated heterocycles. The van der Waals surface area contributed by atoms with Crippen LogP contribution in [0, 0.1) is 0 Å². The lowest BCUT2D eigenvalue weighted by atomic mass is 9.97. The number of hydrogen-bond donors (Lipinski definition) is 0. The average Bonchev–Trinajstić information content (AvgIpc) is 2.25. The van der Waals surface area contributed by atoms with E-state index < -0.39 is 17.0 Å². The summed E-state index contributed by atoms with van der Waals surface area (Å²) in [5.74, 6) is -0.421. The molecule has 1 aliphatic heterocycles. The van der Waals surface area contributed by atoms with Gasteiger partial charge in [-0.05, 0) is 50.3 Å². The molecule has 0 aromatic rings. The van der Waals surface area contributed by atoms with Crippen molar-refractivity contribution in [2.24, 2.45) is 0 Å². The standard InChI is InChI=1S/C10H15INO3/c1-9(2)6(8(13)15-5)7(11)10(3,4)12(9)14/h1-5H3. The zero-order valence-electron chi connectivity index (χ0n) is 9.55. The van der Waals surface area contributed by atoms with Crippen LogP contribution >= 0.6 is 22.6 Å². The second-order valence-electron chi connectivity index (χ2n) is 4.59. The zero-order valence-corrected chi connectivity index (χ0v) is 11.7. The van der Waals surface area contributed by atoms with Gasteiger partial charge in [-0.1, -0.05) is 0 Å². The van der Waals surface area contributed by atoms with Gasteiger partial charge in [0.25, 0.3) is 0 Å². The molecule has 0 saturated carbocycles. The van der Waals surface area contributed by atoms with Crippen LogP contribution < -0.4 is 0 Å². The summed E-state index contributed by atoms with van der Waals surface area (Å²) in [5.41, 5.74) is -1.02. The van der Waals surface area contributed by atoms with Crippen molar-refractivity contribution in [2.45, 2.75) is 38.8 Å².